The maximum Gasteiger partial charge on any atom is 0.229 e. The van der Waals surface area contributed by atoms with E-state index in [0.29, 0.717) is 38.1 Å². The van der Waals surface area contributed by atoms with Crippen LogP contribution in [0.15, 0.2) is 24.4 Å². The van der Waals surface area contributed by atoms with Gasteiger partial charge in [0.1, 0.15) is 6.10 Å². The standard InChI is InChI=1S/C16H21N3O5S/c20-15-5-3-6-16(21)19(15)10-11-25(22,23)18-9-7-13(12-18)24-14-4-1-2-8-17-14/h1-2,4,8,13H,3,5-7,9-12H2. The minimum atomic E-state index is -3.54. The summed E-state index contributed by atoms with van der Waals surface area (Å²) in [5.41, 5.74) is 0. The average Bonchev–Trinajstić information content (AvgIpc) is 3.05. The molecule has 1 aromatic heterocycles. The van der Waals surface area contributed by atoms with Crippen molar-refractivity contribution in [2.45, 2.75) is 31.8 Å². The highest BCUT2D eigenvalue weighted by atomic mass is 32.2. The zero-order chi connectivity index (χ0) is 17.9. The highest BCUT2D eigenvalue weighted by Crippen LogP contribution is 2.20. The maximum absolute atomic E-state index is 12.5. The number of hydrogen-bond acceptors (Lipinski definition) is 6. The van der Waals surface area contributed by atoms with Crippen molar-refractivity contribution in [3.8, 4) is 5.88 Å². The van der Waals surface area contributed by atoms with E-state index < -0.39 is 10.0 Å². The predicted molar refractivity (Wildman–Crippen MR) is 89.2 cm³/mol. The van der Waals surface area contributed by atoms with Crippen LogP contribution < -0.4 is 4.74 Å². The third-order valence-electron chi connectivity index (χ3n) is 4.38. The Hall–Kier alpha value is -2.00. The molecule has 0 spiro atoms. The molecule has 0 radical (unpaired) electrons. The molecule has 1 atom stereocenters. The van der Waals surface area contributed by atoms with E-state index in [1.807, 2.05) is 0 Å². The van der Waals surface area contributed by atoms with E-state index in [1.54, 1.807) is 24.4 Å². The van der Waals surface area contributed by atoms with Crippen LogP contribution in [0.5, 0.6) is 5.88 Å². The number of sulfonamides is 1. The molecule has 2 aliphatic heterocycles. The number of carbonyl (C=O) groups is 2. The first kappa shape index (κ1) is 17.8. The highest BCUT2D eigenvalue weighted by Gasteiger charge is 2.34. The molecule has 136 valence electrons. The van der Waals surface area contributed by atoms with E-state index in [1.165, 1.54) is 4.31 Å². The third-order valence-corrected chi connectivity index (χ3v) is 6.20. The molecule has 0 aliphatic carbocycles. The number of piperidine rings is 1. The lowest BCUT2D eigenvalue weighted by Gasteiger charge is -2.25. The summed E-state index contributed by atoms with van der Waals surface area (Å²) in [5, 5.41) is 0. The largest absolute Gasteiger partial charge is 0.473 e. The van der Waals surface area contributed by atoms with Gasteiger partial charge in [0.2, 0.25) is 27.7 Å². The topological polar surface area (TPSA) is 96.9 Å². The number of carbonyl (C=O) groups excluding carboxylic acids is 2. The van der Waals surface area contributed by atoms with Gasteiger partial charge in [0, 0.05) is 38.2 Å². The summed E-state index contributed by atoms with van der Waals surface area (Å²) in [6, 6.07) is 5.31. The number of pyridine rings is 1. The normalized spacial score (nSPS) is 22.4. The molecule has 0 N–H and O–H groups in total. The molecule has 3 heterocycles. The van der Waals surface area contributed by atoms with Gasteiger partial charge in [-0.1, -0.05) is 6.07 Å². The SMILES string of the molecule is O=C1CCCC(=O)N1CCS(=O)(=O)N1CCC(Oc2ccccn2)C1. The molecule has 0 bridgehead atoms. The van der Waals surface area contributed by atoms with Gasteiger partial charge in [-0.05, 0) is 18.9 Å². The molecule has 8 nitrogen and oxygen atoms in total. The quantitative estimate of drug-likeness (QED) is 0.676. The van der Waals surface area contributed by atoms with Crippen molar-refractivity contribution in [2.24, 2.45) is 0 Å². The van der Waals surface area contributed by atoms with Gasteiger partial charge in [0.15, 0.2) is 0 Å². The Morgan fingerprint density at radius 1 is 1.20 bits per heavy atom. The lowest BCUT2D eigenvalue weighted by Crippen LogP contribution is -2.44. The third kappa shape index (κ3) is 4.35. The van der Waals surface area contributed by atoms with Crippen molar-refractivity contribution in [3.63, 3.8) is 0 Å². The second kappa shape index (κ2) is 7.49. The molecule has 2 fully saturated rings. The number of amides is 2. The van der Waals surface area contributed by atoms with E-state index in [9.17, 15) is 18.0 Å². The summed E-state index contributed by atoms with van der Waals surface area (Å²) < 4.78 is 32.0. The second-order valence-corrected chi connectivity index (χ2v) is 8.25. The Morgan fingerprint density at radius 2 is 1.96 bits per heavy atom. The van der Waals surface area contributed by atoms with Gasteiger partial charge in [-0.2, -0.15) is 4.31 Å². The van der Waals surface area contributed by atoms with Crippen molar-refractivity contribution < 1.29 is 22.7 Å². The van der Waals surface area contributed by atoms with Crippen LogP contribution in [0.4, 0.5) is 0 Å². The Bertz CT molecular complexity index is 721. The van der Waals surface area contributed by atoms with Crippen molar-refractivity contribution in [1.82, 2.24) is 14.2 Å². The molecule has 1 aromatic rings. The van der Waals surface area contributed by atoms with Crippen LogP contribution >= 0.6 is 0 Å². The Balaban J connectivity index is 1.54. The van der Waals surface area contributed by atoms with E-state index in [0.717, 1.165) is 4.90 Å². The number of nitrogens with zero attached hydrogens (tertiary/aromatic N) is 3. The Labute approximate surface area is 146 Å². The maximum atomic E-state index is 12.5. The molecule has 2 aliphatic rings. The summed E-state index contributed by atoms with van der Waals surface area (Å²) in [6.07, 6.45) is 3.09. The summed E-state index contributed by atoms with van der Waals surface area (Å²) in [4.78, 5) is 28.7. The molecule has 2 saturated heterocycles. The molecule has 2 amide bonds. The molecule has 25 heavy (non-hydrogen) atoms. The zero-order valence-corrected chi connectivity index (χ0v) is 14.7. The van der Waals surface area contributed by atoms with Crippen LogP contribution in [-0.2, 0) is 19.6 Å². The van der Waals surface area contributed by atoms with Gasteiger partial charge < -0.3 is 4.74 Å². The first-order valence-corrected chi connectivity index (χ1v) is 9.95. The number of ether oxygens (including phenoxy) is 1. The smallest absolute Gasteiger partial charge is 0.229 e. The van der Waals surface area contributed by atoms with Gasteiger partial charge in [-0.3, -0.25) is 14.5 Å². The summed E-state index contributed by atoms with van der Waals surface area (Å²) in [7, 11) is -3.54. The highest BCUT2D eigenvalue weighted by molar-refractivity contribution is 7.89. The minimum absolute atomic E-state index is 0.0811. The number of likely N-dealkylation sites (tertiary alicyclic amines) is 1. The monoisotopic (exact) mass is 367 g/mol. The summed E-state index contributed by atoms with van der Waals surface area (Å²) >= 11 is 0. The molecule has 0 saturated carbocycles. The van der Waals surface area contributed by atoms with Gasteiger partial charge in [0.25, 0.3) is 0 Å². The fourth-order valence-electron chi connectivity index (χ4n) is 3.02. The summed E-state index contributed by atoms with van der Waals surface area (Å²) in [5.74, 6) is -0.356. The lowest BCUT2D eigenvalue weighted by molar-refractivity contribution is -0.147. The molecular formula is C16H21N3O5S. The van der Waals surface area contributed by atoms with Crippen molar-refractivity contribution in [2.75, 3.05) is 25.4 Å². The van der Waals surface area contributed by atoms with E-state index in [2.05, 4.69) is 4.98 Å². The van der Waals surface area contributed by atoms with E-state index >= 15 is 0 Å². The average molecular weight is 367 g/mol. The molecule has 9 heteroatoms. The minimum Gasteiger partial charge on any atom is -0.473 e. The summed E-state index contributed by atoms with van der Waals surface area (Å²) in [6.45, 7) is 0.533. The van der Waals surface area contributed by atoms with Gasteiger partial charge in [-0.25, -0.2) is 13.4 Å². The van der Waals surface area contributed by atoms with Gasteiger partial charge in [-0.15, -0.1) is 0 Å². The van der Waals surface area contributed by atoms with E-state index in [4.69, 9.17) is 4.74 Å². The van der Waals surface area contributed by atoms with Crippen LogP contribution in [0.1, 0.15) is 25.7 Å². The number of hydrogen-bond donors (Lipinski definition) is 0. The van der Waals surface area contributed by atoms with E-state index in [-0.39, 0.29) is 36.8 Å². The van der Waals surface area contributed by atoms with Crippen LogP contribution in [0.25, 0.3) is 0 Å². The van der Waals surface area contributed by atoms with Gasteiger partial charge in [0.05, 0.1) is 12.3 Å². The lowest BCUT2D eigenvalue weighted by atomic mass is 10.1. The van der Waals surface area contributed by atoms with Crippen LogP contribution in [0.3, 0.4) is 0 Å². The molecule has 1 unspecified atom stereocenters. The zero-order valence-electron chi connectivity index (χ0n) is 13.8. The Morgan fingerprint density at radius 3 is 2.64 bits per heavy atom. The first-order chi connectivity index (χ1) is 12.0. The van der Waals surface area contributed by atoms with Crippen molar-refractivity contribution >= 4 is 21.8 Å². The predicted octanol–water partition coefficient (Wildman–Crippen LogP) is 0.404. The van der Waals surface area contributed by atoms with Gasteiger partial charge >= 0.3 is 0 Å². The van der Waals surface area contributed by atoms with Crippen LogP contribution in [-0.4, -0.2) is 65.9 Å². The first-order valence-electron chi connectivity index (χ1n) is 8.34. The molecule has 3 rings (SSSR count). The van der Waals surface area contributed by atoms with Crippen molar-refractivity contribution in [3.05, 3.63) is 24.4 Å². The van der Waals surface area contributed by atoms with Crippen LogP contribution in [0, 0.1) is 0 Å². The fourth-order valence-corrected chi connectivity index (χ4v) is 4.47. The van der Waals surface area contributed by atoms with Crippen molar-refractivity contribution in [1.29, 1.82) is 0 Å². The second-order valence-electron chi connectivity index (χ2n) is 6.16. The Kier molecular flexibility index (Phi) is 5.33. The number of aromatic nitrogens is 1. The molecule has 0 aromatic carbocycles. The van der Waals surface area contributed by atoms with Crippen LogP contribution in [0.2, 0.25) is 0 Å². The molecular weight excluding hydrogens is 346 g/mol. The number of imide groups is 1. The number of rotatable bonds is 6. The fraction of sp³-hybridized carbons (Fsp3) is 0.562.